The summed E-state index contributed by atoms with van der Waals surface area (Å²) in [6.07, 6.45) is 19.3. The van der Waals surface area contributed by atoms with Gasteiger partial charge in [-0.05, 0) is 115 Å². The van der Waals surface area contributed by atoms with Crippen molar-refractivity contribution < 1.29 is 52.9 Å². The van der Waals surface area contributed by atoms with Crippen LogP contribution in [-0.4, -0.2) is 76.4 Å². The summed E-state index contributed by atoms with van der Waals surface area (Å²) >= 11 is 0. The number of halogens is 1. The number of nitrogens with zero attached hydrogens (tertiary/aromatic N) is 3. The number of carbonyl (C=O) groups excluding carboxylic acids is 2. The predicted molar refractivity (Wildman–Crippen MR) is 290 cm³/mol. The lowest BCUT2D eigenvalue weighted by atomic mass is 9.55. The summed E-state index contributed by atoms with van der Waals surface area (Å²) in [5, 5.41) is 36.5. The fourth-order valence-corrected chi connectivity index (χ4v) is 11.3. The minimum Gasteiger partial charge on any atom is -0.459 e. The van der Waals surface area contributed by atoms with Crippen molar-refractivity contribution in [1.82, 2.24) is 4.90 Å². The number of rotatable bonds is 32. The summed E-state index contributed by atoms with van der Waals surface area (Å²) in [6.45, 7) is 6.54. The Balaban J connectivity index is 1.35. The fraction of sp³-hybridized carbons (Fsp3) is 0.492. The number of aliphatic hydroxyl groups is 2. The van der Waals surface area contributed by atoms with E-state index < -0.39 is 34.6 Å². The maximum absolute atomic E-state index is 15.1. The van der Waals surface area contributed by atoms with Crippen LogP contribution < -0.4 is 9.47 Å². The number of amides is 1. The molecule has 2 aliphatic carbocycles. The van der Waals surface area contributed by atoms with Crippen molar-refractivity contribution in [2.75, 3.05) is 26.4 Å². The van der Waals surface area contributed by atoms with E-state index in [0.29, 0.717) is 71.8 Å². The van der Waals surface area contributed by atoms with E-state index in [1.54, 1.807) is 65.6 Å². The van der Waals surface area contributed by atoms with Gasteiger partial charge in [0, 0.05) is 55.4 Å². The van der Waals surface area contributed by atoms with E-state index in [0.717, 1.165) is 49.5 Å². The first-order chi connectivity index (χ1) is 37.1. The highest BCUT2D eigenvalue weighted by atomic mass is 19.1. The Bertz CT molecular complexity index is 2570. The van der Waals surface area contributed by atoms with Crippen molar-refractivity contribution in [2.24, 2.45) is 22.9 Å². The van der Waals surface area contributed by atoms with Crippen LogP contribution in [0, 0.1) is 33.7 Å². The van der Waals surface area contributed by atoms with E-state index in [9.17, 15) is 29.5 Å². The molecule has 0 saturated heterocycles. The Morgan fingerprint density at radius 3 is 2.24 bits per heavy atom. The highest BCUT2D eigenvalue weighted by Gasteiger charge is 2.65. The van der Waals surface area contributed by atoms with Crippen molar-refractivity contribution in [3.8, 4) is 17.2 Å². The maximum Gasteiger partial charge on any atom is 0.410 e. The highest BCUT2D eigenvalue weighted by Crippen LogP contribution is 2.62. The second-order valence-electron chi connectivity index (χ2n) is 20.3. The average molecular weight is 1050 g/mol. The van der Waals surface area contributed by atoms with Crippen LogP contribution in [0.15, 0.2) is 120 Å². The zero-order chi connectivity index (χ0) is 53.7. The van der Waals surface area contributed by atoms with Crippen molar-refractivity contribution in [1.29, 1.82) is 0 Å². The quantitative estimate of drug-likeness (QED) is 0.0156. The van der Waals surface area contributed by atoms with E-state index in [2.05, 4.69) is 19.6 Å². The molecule has 2 N–H and O–H groups in total. The van der Waals surface area contributed by atoms with Gasteiger partial charge >= 0.3 is 6.09 Å². The number of hydrogen-bond acceptors (Lipinski definition) is 12. The Morgan fingerprint density at radius 2 is 1.55 bits per heavy atom. The molecule has 0 unspecified atom stereocenters. The third-order valence-corrected chi connectivity index (χ3v) is 15.0. The van der Waals surface area contributed by atoms with Gasteiger partial charge in [-0.15, -0.1) is 6.58 Å². The van der Waals surface area contributed by atoms with Crippen molar-refractivity contribution >= 4 is 23.8 Å². The maximum atomic E-state index is 15.1. The molecule has 7 rings (SSSR count). The normalized spacial score (nSPS) is 20.9. The fourth-order valence-electron chi connectivity index (χ4n) is 11.3. The highest BCUT2D eigenvalue weighted by molar-refractivity contribution is 6.03. The van der Waals surface area contributed by atoms with E-state index in [1.807, 2.05) is 12.1 Å². The first-order valence-corrected chi connectivity index (χ1v) is 27.5. The third-order valence-electron chi connectivity index (χ3n) is 15.0. The van der Waals surface area contributed by atoms with Gasteiger partial charge in [0.25, 0.3) is 5.69 Å². The number of fused-ring (bicyclic) bond motifs is 2. The minimum atomic E-state index is -1.61. The number of unbranched alkanes of at least 4 members (excludes halogenated alkanes) is 11. The summed E-state index contributed by atoms with van der Waals surface area (Å²) in [6, 6.07) is 23.7. The molecule has 1 heterocycles. The summed E-state index contributed by atoms with van der Waals surface area (Å²) < 4.78 is 41.9. The van der Waals surface area contributed by atoms with Crippen LogP contribution >= 0.6 is 0 Å². The number of allylic oxidation sites excluding steroid dienone is 1. The summed E-state index contributed by atoms with van der Waals surface area (Å²) in [4.78, 5) is 45.8. The lowest BCUT2D eigenvalue weighted by Gasteiger charge is -2.59. The van der Waals surface area contributed by atoms with Gasteiger partial charge in [-0.25, -0.2) is 9.18 Å². The number of nitro groups is 1. The Hall–Kier alpha value is -6.42. The van der Waals surface area contributed by atoms with Crippen molar-refractivity contribution in [3.63, 3.8) is 0 Å². The molecule has 408 valence electrons. The van der Waals surface area contributed by atoms with Crippen LogP contribution in [0.1, 0.15) is 149 Å². The van der Waals surface area contributed by atoms with E-state index in [-0.39, 0.29) is 69.4 Å². The van der Waals surface area contributed by atoms with Crippen LogP contribution in [0.5, 0.6) is 17.2 Å². The molecule has 1 amide bonds. The first kappa shape index (κ1) is 57.3. The van der Waals surface area contributed by atoms with Gasteiger partial charge in [0.1, 0.15) is 42.0 Å². The third kappa shape index (κ3) is 14.9. The molecule has 14 nitrogen and oxygen atoms in total. The molecule has 1 aliphatic heterocycles. The van der Waals surface area contributed by atoms with Gasteiger partial charge in [0.2, 0.25) is 5.79 Å². The zero-order valence-electron chi connectivity index (χ0n) is 44.0. The van der Waals surface area contributed by atoms with Crippen molar-refractivity contribution in [3.05, 3.63) is 153 Å². The molecule has 6 atom stereocenters. The molecule has 0 aromatic heterocycles. The van der Waals surface area contributed by atoms with Crippen LogP contribution in [0.4, 0.5) is 14.9 Å². The summed E-state index contributed by atoms with van der Waals surface area (Å²) in [5.74, 6) is -1.72. The zero-order valence-corrected chi connectivity index (χ0v) is 44.0. The Kier molecular flexibility index (Phi) is 22.0. The standard InChI is InChI=1S/C61H76FN3O11/c1-3-5-6-7-8-9-10-11-12-17-36-72-60(69)64(41-44-23-27-48(62)28-24-44)57-40-55(63-74-43-45-25-29-49(30-26-45)65(70)71)53-38-47(20-13-15-33-66)52(22-14-16-34-67)58-54-39-51(75-50-21-18-19-46(37-50)42-68)31-32-56(54)76-61(57,59(53)58)73-35-4-2/h4,18-19,21,23-32,37-39,42,47,52,57-59,66-67H,2-3,5-17,20,22,33-36,40-41,43H2,1H3/t47-,52+,57-,58+,59+,61+/m0/s1. The van der Waals surface area contributed by atoms with Crippen LogP contribution in [0.3, 0.4) is 0 Å². The van der Waals surface area contributed by atoms with Crippen LogP contribution in [0.2, 0.25) is 0 Å². The monoisotopic (exact) mass is 1050 g/mol. The molecule has 0 spiro atoms. The molecule has 0 bridgehead atoms. The molecule has 1 saturated carbocycles. The molecule has 3 aliphatic rings. The van der Waals surface area contributed by atoms with Gasteiger partial charge < -0.3 is 34.0 Å². The van der Waals surface area contributed by atoms with Crippen LogP contribution in [0.25, 0.3) is 0 Å². The summed E-state index contributed by atoms with van der Waals surface area (Å²) in [5.41, 5.74) is 3.88. The minimum absolute atomic E-state index is 0.000930. The SMILES string of the molecule is C=CCO[C@@]12Oc3ccc(Oc4cccc(C=O)c4)cc3[C@H]3[C@H](CCCCO)[C@@H](CCCCO)C=C(C(=NOCc4ccc([N+](=O)[O-])cc4)C[C@@H]1N(Cc1ccc(F)cc1)C(=O)OCCCCCCCCCCCC)[C@H]32. The molecule has 0 radical (unpaired) electrons. The number of oxime groups is 1. The molecule has 1 fully saturated rings. The number of benzene rings is 4. The lowest BCUT2D eigenvalue weighted by Crippen LogP contribution is -2.70. The molecule has 76 heavy (non-hydrogen) atoms. The number of non-ortho nitro benzene ring substituents is 1. The van der Waals surface area contributed by atoms with E-state index in [4.69, 9.17) is 28.9 Å². The summed E-state index contributed by atoms with van der Waals surface area (Å²) in [7, 11) is 0. The largest absolute Gasteiger partial charge is 0.459 e. The second kappa shape index (κ2) is 29.2. The second-order valence-corrected chi connectivity index (χ2v) is 20.3. The lowest BCUT2D eigenvalue weighted by molar-refractivity contribution is -0.384. The number of aliphatic hydroxyl groups excluding tert-OH is 2. The molecule has 15 heteroatoms. The topological polar surface area (TPSA) is 179 Å². The molecular weight excluding hydrogens is 970 g/mol. The average Bonchev–Trinajstić information content (AvgIpc) is 3.44. The van der Waals surface area contributed by atoms with Gasteiger partial charge in [-0.2, -0.15) is 0 Å². The van der Waals surface area contributed by atoms with Gasteiger partial charge in [0.15, 0.2) is 0 Å². The smallest absolute Gasteiger partial charge is 0.410 e. The number of nitro benzene ring substituents is 1. The van der Waals surface area contributed by atoms with Crippen molar-refractivity contribution in [2.45, 2.75) is 147 Å². The Labute approximate surface area is 447 Å². The molecule has 4 aromatic rings. The van der Waals surface area contributed by atoms with Gasteiger partial charge in [-0.1, -0.05) is 119 Å². The van der Waals surface area contributed by atoms with Gasteiger partial charge in [-0.3, -0.25) is 19.8 Å². The van der Waals surface area contributed by atoms with E-state index >= 15 is 4.79 Å². The van der Waals surface area contributed by atoms with E-state index in [1.165, 1.54) is 62.8 Å². The number of hydrogen-bond donors (Lipinski definition) is 2. The number of ether oxygens (including phenoxy) is 4. The van der Waals surface area contributed by atoms with Gasteiger partial charge in [0.05, 0.1) is 29.8 Å². The molecule has 4 aromatic carbocycles. The van der Waals surface area contributed by atoms with Crippen LogP contribution in [-0.2, 0) is 27.5 Å². The first-order valence-electron chi connectivity index (χ1n) is 27.5. The Morgan fingerprint density at radius 1 is 0.868 bits per heavy atom. The number of aldehydes is 1. The number of carbonyl (C=O) groups is 2. The molecular formula is C61H76FN3O11. The predicted octanol–water partition coefficient (Wildman–Crippen LogP) is 13.7.